The minimum atomic E-state index is 0.0124. The van der Waals surface area contributed by atoms with E-state index in [-0.39, 0.29) is 5.91 Å². The molecule has 0 aromatic carbocycles. The fourth-order valence-corrected chi connectivity index (χ4v) is 1.01. The van der Waals surface area contributed by atoms with E-state index >= 15 is 0 Å². The van der Waals surface area contributed by atoms with Crippen LogP contribution in [0.4, 0.5) is 0 Å². The highest BCUT2D eigenvalue weighted by molar-refractivity contribution is 5.77. The fraction of sp³-hybridized carbons (Fsp3) is 0.667. The Morgan fingerprint density at radius 1 is 1.50 bits per heavy atom. The molecule has 1 N–H and O–H groups in total. The van der Waals surface area contributed by atoms with Crippen LogP contribution in [0.3, 0.4) is 0 Å². The van der Waals surface area contributed by atoms with Crippen LogP contribution < -0.4 is 5.43 Å². The van der Waals surface area contributed by atoms with Crippen molar-refractivity contribution in [2.45, 2.75) is 19.3 Å². The molecule has 0 aromatic rings. The number of nitrogens with zero attached hydrogens (tertiary/aromatic N) is 1. The Morgan fingerprint density at radius 3 is 2.90 bits per heavy atom. The monoisotopic (exact) mass is 142 g/mol. The summed E-state index contributed by atoms with van der Waals surface area (Å²) in [4.78, 5) is 20.8. The molecular weight excluding hydrogens is 132 g/mol. The van der Waals surface area contributed by atoms with E-state index in [2.05, 4.69) is 5.43 Å². The summed E-state index contributed by atoms with van der Waals surface area (Å²) >= 11 is 0. The molecule has 0 spiro atoms. The van der Waals surface area contributed by atoms with Crippen LogP contribution in [0.1, 0.15) is 19.3 Å². The zero-order chi connectivity index (χ0) is 7.40. The molecule has 0 atom stereocenters. The van der Waals surface area contributed by atoms with E-state index in [0.717, 1.165) is 12.8 Å². The van der Waals surface area contributed by atoms with Gasteiger partial charge in [-0.1, -0.05) is 0 Å². The van der Waals surface area contributed by atoms with Crippen LogP contribution in [0.5, 0.6) is 0 Å². The predicted octanol–water partition coefficient (Wildman–Crippen LogP) is -0.340. The minimum Gasteiger partial charge on any atom is -0.277 e. The van der Waals surface area contributed by atoms with Crippen LogP contribution in [-0.2, 0) is 9.59 Å². The molecule has 10 heavy (non-hydrogen) atoms. The van der Waals surface area contributed by atoms with Crippen molar-refractivity contribution < 1.29 is 9.59 Å². The molecule has 4 nitrogen and oxygen atoms in total. The van der Waals surface area contributed by atoms with Gasteiger partial charge in [0.1, 0.15) is 0 Å². The average Bonchev–Trinajstić information content (AvgIpc) is 1.94. The second-order valence-electron chi connectivity index (χ2n) is 2.25. The van der Waals surface area contributed by atoms with Gasteiger partial charge in [0, 0.05) is 13.0 Å². The Bertz CT molecular complexity index is 147. The highest BCUT2D eigenvalue weighted by Crippen LogP contribution is 2.06. The van der Waals surface area contributed by atoms with Gasteiger partial charge in [-0.05, 0) is 12.8 Å². The Kier molecular flexibility index (Phi) is 2.25. The number of nitrogens with one attached hydrogen (secondary N) is 1. The number of hydrogen-bond acceptors (Lipinski definition) is 2. The molecule has 0 radical (unpaired) electrons. The smallest absolute Gasteiger partial charge is 0.240 e. The van der Waals surface area contributed by atoms with Gasteiger partial charge in [-0.15, -0.1) is 0 Å². The highest BCUT2D eigenvalue weighted by Gasteiger charge is 2.16. The van der Waals surface area contributed by atoms with E-state index in [0.29, 0.717) is 19.4 Å². The lowest BCUT2D eigenvalue weighted by molar-refractivity contribution is -0.139. The number of carbonyl (C=O) groups is 2. The summed E-state index contributed by atoms with van der Waals surface area (Å²) in [5.74, 6) is 0.0124. The van der Waals surface area contributed by atoms with Crippen LogP contribution in [0, 0.1) is 0 Å². The third-order valence-corrected chi connectivity index (χ3v) is 1.53. The molecule has 1 aliphatic heterocycles. The molecule has 0 aliphatic carbocycles. The van der Waals surface area contributed by atoms with Crippen LogP contribution in [0.25, 0.3) is 0 Å². The predicted molar refractivity (Wildman–Crippen MR) is 34.8 cm³/mol. The Hall–Kier alpha value is -1.06. The van der Waals surface area contributed by atoms with Crippen molar-refractivity contribution in [3.63, 3.8) is 0 Å². The molecule has 2 amide bonds. The third-order valence-electron chi connectivity index (χ3n) is 1.53. The largest absolute Gasteiger partial charge is 0.277 e. The molecule has 1 heterocycles. The first-order chi connectivity index (χ1) is 4.84. The third kappa shape index (κ3) is 1.46. The van der Waals surface area contributed by atoms with Crippen LogP contribution in [-0.4, -0.2) is 23.9 Å². The van der Waals surface area contributed by atoms with Crippen LogP contribution in [0.2, 0.25) is 0 Å². The number of piperidine rings is 1. The van der Waals surface area contributed by atoms with E-state index in [1.807, 2.05) is 0 Å². The number of amides is 2. The van der Waals surface area contributed by atoms with Gasteiger partial charge in [-0.25, -0.2) is 0 Å². The molecule has 4 heteroatoms. The van der Waals surface area contributed by atoms with Crippen molar-refractivity contribution in [3.8, 4) is 0 Å². The topological polar surface area (TPSA) is 49.4 Å². The summed E-state index contributed by atoms with van der Waals surface area (Å²) in [7, 11) is 0. The zero-order valence-electron chi connectivity index (χ0n) is 5.67. The van der Waals surface area contributed by atoms with E-state index in [9.17, 15) is 9.59 Å². The van der Waals surface area contributed by atoms with Crippen molar-refractivity contribution in [1.82, 2.24) is 10.4 Å². The average molecular weight is 142 g/mol. The summed E-state index contributed by atoms with van der Waals surface area (Å²) < 4.78 is 0. The van der Waals surface area contributed by atoms with Gasteiger partial charge in [0.05, 0.1) is 0 Å². The molecular formula is C6H10N2O2. The first kappa shape index (κ1) is 7.05. The van der Waals surface area contributed by atoms with Crippen molar-refractivity contribution >= 4 is 12.3 Å². The molecule has 0 aromatic heterocycles. The summed E-state index contributed by atoms with van der Waals surface area (Å²) in [6.07, 6.45) is 3.01. The molecule has 1 rings (SSSR count). The molecule has 1 saturated heterocycles. The summed E-state index contributed by atoms with van der Waals surface area (Å²) in [6, 6.07) is 0. The van der Waals surface area contributed by atoms with Crippen molar-refractivity contribution in [3.05, 3.63) is 0 Å². The fourth-order valence-electron chi connectivity index (χ4n) is 1.01. The van der Waals surface area contributed by atoms with Crippen LogP contribution in [0.15, 0.2) is 0 Å². The zero-order valence-corrected chi connectivity index (χ0v) is 5.67. The standard InChI is InChI=1S/C6H10N2O2/c9-5-7-8-4-2-1-3-6(8)10/h5H,1-4H2,(H,7,9). The number of rotatable bonds is 2. The van der Waals surface area contributed by atoms with E-state index < -0.39 is 0 Å². The van der Waals surface area contributed by atoms with E-state index in [1.54, 1.807) is 0 Å². The number of hydrazine groups is 1. The van der Waals surface area contributed by atoms with E-state index in [4.69, 9.17) is 0 Å². The first-order valence-electron chi connectivity index (χ1n) is 3.35. The Labute approximate surface area is 59.2 Å². The van der Waals surface area contributed by atoms with Gasteiger partial charge in [-0.3, -0.25) is 20.0 Å². The first-order valence-corrected chi connectivity index (χ1v) is 3.35. The summed E-state index contributed by atoms with van der Waals surface area (Å²) in [5, 5.41) is 1.36. The number of carbonyl (C=O) groups excluding carboxylic acids is 2. The van der Waals surface area contributed by atoms with Gasteiger partial charge in [0.15, 0.2) is 0 Å². The van der Waals surface area contributed by atoms with Gasteiger partial charge in [-0.2, -0.15) is 0 Å². The van der Waals surface area contributed by atoms with Gasteiger partial charge >= 0.3 is 0 Å². The van der Waals surface area contributed by atoms with E-state index in [1.165, 1.54) is 5.01 Å². The molecule has 1 fully saturated rings. The highest BCUT2D eigenvalue weighted by atomic mass is 16.2. The molecule has 0 saturated carbocycles. The maximum absolute atomic E-state index is 10.9. The van der Waals surface area contributed by atoms with Crippen molar-refractivity contribution in [2.75, 3.05) is 6.54 Å². The summed E-state index contributed by atoms with van der Waals surface area (Å²) in [5.41, 5.74) is 2.34. The van der Waals surface area contributed by atoms with Gasteiger partial charge in [0.2, 0.25) is 12.3 Å². The maximum atomic E-state index is 10.9. The minimum absolute atomic E-state index is 0.0124. The molecule has 1 aliphatic rings. The van der Waals surface area contributed by atoms with Crippen molar-refractivity contribution in [1.29, 1.82) is 0 Å². The molecule has 0 bridgehead atoms. The van der Waals surface area contributed by atoms with Crippen molar-refractivity contribution in [2.24, 2.45) is 0 Å². The lowest BCUT2D eigenvalue weighted by atomic mass is 10.1. The quantitative estimate of drug-likeness (QED) is 0.536. The second-order valence-corrected chi connectivity index (χ2v) is 2.25. The SMILES string of the molecule is O=CNN1CCCCC1=O. The molecule has 56 valence electrons. The Balaban J connectivity index is 2.39. The second kappa shape index (κ2) is 3.20. The maximum Gasteiger partial charge on any atom is 0.240 e. The Morgan fingerprint density at radius 2 is 2.30 bits per heavy atom. The lowest BCUT2D eigenvalue weighted by Gasteiger charge is -2.24. The van der Waals surface area contributed by atoms with Crippen LogP contribution >= 0.6 is 0 Å². The van der Waals surface area contributed by atoms with Gasteiger partial charge < -0.3 is 0 Å². The number of hydrogen-bond donors (Lipinski definition) is 1. The van der Waals surface area contributed by atoms with Gasteiger partial charge in [0.25, 0.3) is 0 Å². The normalized spacial score (nSPS) is 18.8. The lowest BCUT2D eigenvalue weighted by Crippen LogP contribution is -2.44. The summed E-state index contributed by atoms with van der Waals surface area (Å²) in [6.45, 7) is 0.650. The molecule has 0 unspecified atom stereocenters.